The average Bonchev–Trinajstić information content (AvgIpc) is 2.43. The van der Waals surface area contributed by atoms with Gasteiger partial charge in [-0.3, -0.25) is 24.2 Å². The lowest BCUT2D eigenvalue weighted by Gasteiger charge is -2.30. The van der Waals surface area contributed by atoms with Crippen LogP contribution in [-0.2, 0) is 14.4 Å². The van der Waals surface area contributed by atoms with Crippen molar-refractivity contribution < 1.29 is 19.5 Å². The normalized spacial score (nSPS) is 30.7. The monoisotopic (exact) mass is 226 g/mol. The van der Waals surface area contributed by atoms with Crippen LogP contribution in [0, 0.1) is 11.8 Å². The minimum atomic E-state index is -0.899. The molecule has 2 saturated heterocycles. The zero-order valence-electron chi connectivity index (χ0n) is 9.05. The number of carbonyl (C=O) groups is 3. The van der Waals surface area contributed by atoms with Crippen LogP contribution in [0.25, 0.3) is 0 Å². The Labute approximate surface area is 92.8 Å². The summed E-state index contributed by atoms with van der Waals surface area (Å²) in [4.78, 5) is 36.8. The van der Waals surface area contributed by atoms with Crippen LogP contribution in [-0.4, -0.2) is 59.4 Å². The minimum absolute atomic E-state index is 0.0611. The first-order chi connectivity index (χ1) is 7.50. The van der Waals surface area contributed by atoms with E-state index in [2.05, 4.69) is 0 Å². The Kier molecular flexibility index (Phi) is 2.67. The number of carbonyl (C=O) groups excluding carboxylic acids is 2. The summed E-state index contributed by atoms with van der Waals surface area (Å²) in [6.07, 6.45) is 0.576. The molecule has 2 heterocycles. The van der Waals surface area contributed by atoms with Crippen molar-refractivity contribution in [3.8, 4) is 0 Å². The van der Waals surface area contributed by atoms with Gasteiger partial charge in [0.25, 0.3) is 0 Å². The quantitative estimate of drug-likeness (QED) is 0.611. The number of carboxylic acids is 1. The molecule has 88 valence electrons. The number of hydrogen-bond acceptors (Lipinski definition) is 4. The van der Waals surface area contributed by atoms with Crippen molar-refractivity contribution in [3.05, 3.63) is 0 Å². The number of fused-ring (bicyclic) bond motifs is 1. The van der Waals surface area contributed by atoms with Gasteiger partial charge in [0.05, 0.1) is 18.4 Å². The second-order valence-corrected chi connectivity index (χ2v) is 4.37. The first kappa shape index (κ1) is 11.1. The van der Waals surface area contributed by atoms with Gasteiger partial charge in [-0.2, -0.15) is 0 Å². The number of likely N-dealkylation sites (tertiary alicyclic amines) is 2. The fourth-order valence-corrected chi connectivity index (χ4v) is 2.51. The molecule has 0 radical (unpaired) electrons. The van der Waals surface area contributed by atoms with Gasteiger partial charge in [0.15, 0.2) is 0 Å². The van der Waals surface area contributed by atoms with Crippen molar-refractivity contribution in [3.63, 3.8) is 0 Å². The minimum Gasteiger partial charge on any atom is -0.480 e. The van der Waals surface area contributed by atoms with E-state index < -0.39 is 5.97 Å². The van der Waals surface area contributed by atoms with E-state index in [0.29, 0.717) is 19.5 Å². The first-order valence-electron chi connectivity index (χ1n) is 5.26. The van der Waals surface area contributed by atoms with Gasteiger partial charge >= 0.3 is 5.97 Å². The van der Waals surface area contributed by atoms with E-state index >= 15 is 0 Å². The third-order valence-electron chi connectivity index (χ3n) is 3.35. The third kappa shape index (κ3) is 1.69. The SMILES string of the molecule is CN1C(=O)C2CCN(CC(=O)O)CC2C1=O. The summed E-state index contributed by atoms with van der Waals surface area (Å²) in [5, 5.41) is 8.67. The van der Waals surface area contributed by atoms with Crippen LogP contribution in [0.15, 0.2) is 0 Å². The molecule has 0 aliphatic carbocycles. The van der Waals surface area contributed by atoms with E-state index in [9.17, 15) is 14.4 Å². The molecule has 2 rings (SSSR count). The molecule has 2 aliphatic heterocycles. The van der Waals surface area contributed by atoms with Crippen molar-refractivity contribution in [2.24, 2.45) is 11.8 Å². The average molecular weight is 226 g/mol. The number of hydrogen-bond donors (Lipinski definition) is 1. The van der Waals surface area contributed by atoms with E-state index in [1.807, 2.05) is 0 Å². The van der Waals surface area contributed by atoms with Gasteiger partial charge in [0.1, 0.15) is 0 Å². The zero-order chi connectivity index (χ0) is 11.9. The topological polar surface area (TPSA) is 77.9 Å². The number of piperidine rings is 1. The van der Waals surface area contributed by atoms with E-state index in [1.165, 1.54) is 11.9 Å². The fourth-order valence-electron chi connectivity index (χ4n) is 2.51. The van der Waals surface area contributed by atoms with Crippen LogP contribution < -0.4 is 0 Å². The van der Waals surface area contributed by atoms with Crippen molar-refractivity contribution in [2.45, 2.75) is 6.42 Å². The van der Waals surface area contributed by atoms with Crippen LogP contribution in [0.2, 0.25) is 0 Å². The summed E-state index contributed by atoms with van der Waals surface area (Å²) in [7, 11) is 1.49. The van der Waals surface area contributed by atoms with Gasteiger partial charge in [-0.1, -0.05) is 0 Å². The number of amides is 2. The van der Waals surface area contributed by atoms with Gasteiger partial charge in [-0.15, -0.1) is 0 Å². The number of nitrogens with zero attached hydrogens (tertiary/aromatic N) is 2. The molecule has 2 amide bonds. The highest BCUT2D eigenvalue weighted by atomic mass is 16.4. The Hall–Kier alpha value is -1.43. The Balaban J connectivity index is 2.07. The molecule has 0 saturated carbocycles. The molecule has 2 unspecified atom stereocenters. The maximum atomic E-state index is 11.7. The maximum Gasteiger partial charge on any atom is 0.317 e. The molecular weight excluding hydrogens is 212 g/mol. The van der Waals surface area contributed by atoms with Crippen molar-refractivity contribution >= 4 is 17.8 Å². The van der Waals surface area contributed by atoms with Gasteiger partial charge < -0.3 is 5.11 Å². The number of imide groups is 1. The molecule has 2 fully saturated rings. The molecule has 2 aliphatic rings. The molecule has 0 aromatic rings. The van der Waals surface area contributed by atoms with Crippen LogP contribution >= 0.6 is 0 Å². The summed E-state index contributed by atoms with van der Waals surface area (Å²) in [5.74, 6) is -1.77. The molecule has 0 bridgehead atoms. The van der Waals surface area contributed by atoms with Crippen molar-refractivity contribution in [2.75, 3.05) is 26.7 Å². The highest BCUT2D eigenvalue weighted by Gasteiger charge is 2.48. The molecular formula is C10H14N2O4. The molecule has 16 heavy (non-hydrogen) atoms. The Bertz CT molecular complexity index is 355. The van der Waals surface area contributed by atoms with Crippen LogP contribution in [0.4, 0.5) is 0 Å². The van der Waals surface area contributed by atoms with Gasteiger partial charge in [0, 0.05) is 13.6 Å². The number of rotatable bonds is 2. The smallest absolute Gasteiger partial charge is 0.317 e. The Morgan fingerprint density at radius 2 is 2.00 bits per heavy atom. The molecule has 2 atom stereocenters. The summed E-state index contributed by atoms with van der Waals surface area (Å²) >= 11 is 0. The zero-order valence-corrected chi connectivity index (χ0v) is 9.05. The number of carboxylic acid groups (broad SMARTS) is 1. The predicted octanol–water partition coefficient (Wildman–Crippen LogP) is -0.992. The molecule has 0 spiro atoms. The van der Waals surface area contributed by atoms with E-state index in [4.69, 9.17) is 5.11 Å². The number of aliphatic carboxylic acids is 1. The standard InChI is InChI=1S/C10H14N2O4/c1-11-9(15)6-2-3-12(5-8(13)14)4-7(6)10(11)16/h6-7H,2-5H2,1H3,(H,13,14). The van der Waals surface area contributed by atoms with Gasteiger partial charge in [0.2, 0.25) is 11.8 Å². The van der Waals surface area contributed by atoms with E-state index in [0.717, 1.165) is 0 Å². The van der Waals surface area contributed by atoms with E-state index in [1.54, 1.807) is 4.90 Å². The molecule has 1 N–H and O–H groups in total. The summed E-state index contributed by atoms with van der Waals surface area (Å²) in [5.41, 5.74) is 0. The highest BCUT2D eigenvalue weighted by Crippen LogP contribution is 2.32. The maximum absolute atomic E-state index is 11.7. The van der Waals surface area contributed by atoms with Gasteiger partial charge in [-0.25, -0.2) is 0 Å². The molecule has 0 aromatic carbocycles. The Morgan fingerprint density at radius 3 is 2.62 bits per heavy atom. The van der Waals surface area contributed by atoms with Gasteiger partial charge in [-0.05, 0) is 13.0 Å². The van der Waals surface area contributed by atoms with Crippen molar-refractivity contribution in [1.29, 1.82) is 0 Å². The summed E-state index contributed by atoms with van der Waals surface area (Å²) < 4.78 is 0. The summed E-state index contributed by atoms with van der Waals surface area (Å²) in [6, 6.07) is 0. The van der Waals surface area contributed by atoms with Crippen LogP contribution in [0.1, 0.15) is 6.42 Å². The third-order valence-corrected chi connectivity index (χ3v) is 3.35. The van der Waals surface area contributed by atoms with E-state index in [-0.39, 0.29) is 30.2 Å². The Morgan fingerprint density at radius 1 is 1.38 bits per heavy atom. The van der Waals surface area contributed by atoms with Crippen molar-refractivity contribution in [1.82, 2.24) is 9.80 Å². The molecule has 6 nitrogen and oxygen atoms in total. The van der Waals surface area contributed by atoms with Crippen LogP contribution in [0.5, 0.6) is 0 Å². The first-order valence-corrected chi connectivity index (χ1v) is 5.26. The second kappa shape index (κ2) is 3.86. The lowest BCUT2D eigenvalue weighted by Crippen LogP contribution is -2.43. The second-order valence-electron chi connectivity index (χ2n) is 4.37. The largest absolute Gasteiger partial charge is 0.480 e. The highest BCUT2D eigenvalue weighted by molar-refractivity contribution is 6.05. The lowest BCUT2D eigenvalue weighted by molar-refractivity contribution is -0.140. The summed E-state index contributed by atoms with van der Waals surface area (Å²) in [6.45, 7) is 0.889. The fraction of sp³-hybridized carbons (Fsp3) is 0.700. The predicted molar refractivity (Wildman–Crippen MR) is 53.4 cm³/mol. The van der Waals surface area contributed by atoms with Crippen LogP contribution in [0.3, 0.4) is 0 Å². The molecule has 6 heteroatoms. The lowest BCUT2D eigenvalue weighted by atomic mass is 9.88. The molecule has 0 aromatic heterocycles.